The molecule has 6 N–H and O–H groups in total. The van der Waals surface area contributed by atoms with Crippen LogP contribution in [-0.2, 0) is 30.3 Å². The number of rotatable bonds is 4. The van der Waals surface area contributed by atoms with Gasteiger partial charge in [0.15, 0.2) is 11.4 Å². The molecule has 1 heterocycles. The fourth-order valence-corrected chi connectivity index (χ4v) is 6.48. The van der Waals surface area contributed by atoms with Gasteiger partial charge in [-0.05, 0) is 50.6 Å². The number of hydrogen-bond acceptors (Lipinski definition) is 11. The number of phenols is 1. The van der Waals surface area contributed by atoms with E-state index in [0.717, 1.165) is 6.07 Å². The molecule has 4 aliphatic rings. The van der Waals surface area contributed by atoms with Crippen molar-refractivity contribution in [2.75, 3.05) is 40.4 Å². The first-order chi connectivity index (χ1) is 18.8. The van der Waals surface area contributed by atoms with Crippen molar-refractivity contribution >= 4 is 34.9 Å². The molecule has 1 aromatic carbocycles. The molecule has 5 rings (SSSR count). The fraction of sp³-hybridized carbons (Fsp3) is 0.444. The number of Topliss-reactive ketones (excluding diaryl/α,β-unsaturated/α-hetero) is 3. The average molecular weight is 556 g/mol. The molecule has 2 unspecified atom stereocenters. The number of likely N-dealkylation sites (N-methyl/N-ethyl adjacent to an activating group) is 1. The highest BCUT2D eigenvalue weighted by molar-refractivity contribution is 6.43. The predicted molar refractivity (Wildman–Crippen MR) is 136 cm³/mol. The third-order valence-electron chi connectivity index (χ3n) is 8.34. The van der Waals surface area contributed by atoms with Gasteiger partial charge in [0.05, 0.1) is 24.8 Å². The van der Waals surface area contributed by atoms with Crippen molar-refractivity contribution in [2.24, 2.45) is 17.6 Å². The van der Waals surface area contributed by atoms with Crippen LogP contribution in [0, 0.1) is 11.8 Å². The summed E-state index contributed by atoms with van der Waals surface area (Å²) >= 11 is 0. The first-order valence-electron chi connectivity index (χ1n) is 12.7. The molecule has 0 radical (unpaired) electrons. The number of aliphatic hydroxyl groups is 3. The van der Waals surface area contributed by atoms with E-state index < -0.39 is 75.5 Å². The number of amides is 2. The highest BCUT2D eigenvalue weighted by atomic mass is 16.5. The van der Waals surface area contributed by atoms with E-state index in [2.05, 4.69) is 0 Å². The third kappa shape index (κ3) is 3.76. The summed E-state index contributed by atoms with van der Waals surface area (Å²) in [4.78, 5) is 68.2. The number of primary amides is 1. The number of morpholine rings is 1. The lowest BCUT2D eigenvalue weighted by Gasteiger charge is -2.50. The van der Waals surface area contributed by atoms with Gasteiger partial charge in [0.1, 0.15) is 22.8 Å². The molecule has 212 valence electrons. The maximum atomic E-state index is 13.9. The number of ether oxygens (including phenoxy) is 1. The maximum absolute atomic E-state index is 13.9. The highest BCUT2D eigenvalue weighted by Crippen LogP contribution is 2.53. The molecule has 40 heavy (non-hydrogen) atoms. The van der Waals surface area contributed by atoms with E-state index in [1.165, 1.54) is 30.0 Å². The second-order valence-electron chi connectivity index (χ2n) is 10.7. The van der Waals surface area contributed by atoms with Crippen LogP contribution >= 0.6 is 0 Å². The number of hydrogen-bond donors (Lipinski definition) is 5. The van der Waals surface area contributed by atoms with Crippen LogP contribution in [0.25, 0.3) is 5.76 Å². The number of carbonyl (C=O) groups excluding carboxylic acids is 5. The lowest BCUT2D eigenvalue weighted by Crippen LogP contribution is -2.65. The molecule has 1 saturated carbocycles. The van der Waals surface area contributed by atoms with Gasteiger partial charge in [-0.1, -0.05) is 0 Å². The first-order valence-corrected chi connectivity index (χ1v) is 12.7. The zero-order valence-corrected chi connectivity index (χ0v) is 21.8. The number of ketones is 3. The predicted octanol–water partition coefficient (Wildman–Crippen LogP) is -0.994. The number of aliphatic hydroxyl groups excluding tert-OH is 2. The number of benzene rings is 1. The second-order valence-corrected chi connectivity index (χ2v) is 10.7. The lowest BCUT2D eigenvalue weighted by molar-refractivity contribution is -0.153. The molecule has 13 nitrogen and oxygen atoms in total. The molecule has 0 spiro atoms. The molecular weight excluding hydrogens is 526 g/mol. The topological polar surface area (TPSA) is 208 Å². The molecule has 0 aromatic heterocycles. The fourth-order valence-electron chi connectivity index (χ4n) is 6.48. The van der Waals surface area contributed by atoms with Crippen molar-refractivity contribution < 1.29 is 49.1 Å². The molecule has 2 amide bonds. The van der Waals surface area contributed by atoms with Gasteiger partial charge < -0.3 is 35.8 Å². The summed E-state index contributed by atoms with van der Waals surface area (Å²) in [6, 6.07) is 1.16. The first kappa shape index (κ1) is 27.5. The summed E-state index contributed by atoms with van der Waals surface area (Å²) in [6.45, 7) is 1.00. The third-order valence-corrected chi connectivity index (χ3v) is 8.34. The summed E-state index contributed by atoms with van der Waals surface area (Å²) in [5.74, 6) is -9.50. The zero-order chi connectivity index (χ0) is 29.3. The van der Waals surface area contributed by atoms with Gasteiger partial charge in [0.2, 0.25) is 5.78 Å². The summed E-state index contributed by atoms with van der Waals surface area (Å²) in [6.07, 6.45) is -0.229. The minimum absolute atomic E-state index is 0.0641. The van der Waals surface area contributed by atoms with E-state index in [1.807, 2.05) is 0 Å². The van der Waals surface area contributed by atoms with Gasteiger partial charge in [0, 0.05) is 30.1 Å². The van der Waals surface area contributed by atoms with Gasteiger partial charge in [-0.3, -0.25) is 28.9 Å². The van der Waals surface area contributed by atoms with Crippen molar-refractivity contribution in [1.29, 1.82) is 0 Å². The van der Waals surface area contributed by atoms with Gasteiger partial charge in [0.25, 0.3) is 17.6 Å². The monoisotopic (exact) mass is 555 g/mol. The molecule has 3 aliphatic carbocycles. The van der Waals surface area contributed by atoms with E-state index in [-0.39, 0.29) is 61.4 Å². The number of nitrogens with zero attached hydrogens (tertiary/aromatic N) is 2. The molecular formula is C27H29N3O10. The van der Waals surface area contributed by atoms with Crippen LogP contribution in [0.4, 0.5) is 0 Å². The number of phenolic OH excluding ortho intramolecular Hbond substituents is 1. The number of fused-ring (bicyclic) bond motifs is 3. The minimum atomic E-state index is -2.76. The van der Waals surface area contributed by atoms with Crippen LogP contribution in [-0.4, -0.2) is 111 Å². The Balaban J connectivity index is 1.65. The summed E-state index contributed by atoms with van der Waals surface area (Å²) in [7, 11) is 3.00. The highest BCUT2D eigenvalue weighted by Gasteiger charge is 2.64. The second kappa shape index (κ2) is 9.54. The van der Waals surface area contributed by atoms with Crippen molar-refractivity contribution in [3.05, 3.63) is 45.7 Å². The Labute approximate surface area is 228 Å². The van der Waals surface area contributed by atoms with Crippen LogP contribution in [0.3, 0.4) is 0 Å². The zero-order valence-electron chi connectivity index (χ0n) is 21.8. The Morgan fingerprint density at radius 1 is 1.10 bits per heavy atom. The molecule has 13 heteroatoms. The smallest absolute Gasteiger partial charge is 0.295 e. The van der Waals surface area contributed by atoms with Gasteiger partial charge in [-0.15, -0.1) is 0 Å². The standard InChI is InChI=1S/C27H29N3O10/c1-29(2)19-14-10-11-9-13-12(20(32)26(38)30-5-7-40-8-6-30)3-4-15(31)17(13)21(33)16(11)23(35)27(14,39)24(36)18(22(19)34)25(28)37/h3-4,11,14,19,31,33,36,39H,5-10H2,1-2H3,(H2,28,37)/t11-,14+,19?,27?/m0/s1. The van der Waals surface area contributed by atoms with E-state index in [1.54, 1.807) is 0 Å². The minimum Gasteiger partial charge on any atom is -0.508 e. The van der Waals surface area contributed by atoms with E-state index in [0.29, 0.717) is 0 Å². The van der Waals surface area contributed by atoms with Crippen molar-refractivity contribution in [2.45, 2.75) is 24.5 Å². The van der Waals surface area contributed by atoms with Crippen LogP contribution in [0.2, 0.25) is 0 Å². The Hall–Kier alpha value is -4.07. The van der Waals surface area contributed by atoms with E-state index in [9.17, 15) is 44.4 Å². The summed E-state index contributed by atoms with van der Waals surface area (Å²) in [5.41, 5.74) is 1.13. The summed E-state index contributed by atoms with van der Waals surface area (Å²) < 4.78 is 5.23. The van der Waals surface area contributed by atoms with Crippen LogP contribution < -0.4 is 5.73 Å². The average Bonchev–Trinajstić information content (AvgIpc) is 2.90. The van der Waals surface area contributed by atoms with Crippen molar-refractivity contribution in [3.8, 4) is 5.75 Å². The Bertz CT molecular complexity index is 1440. The van der Waals surface area contributed by atoms with Crippen LogP contribution in [0.5, 0.6) is 5.75 Å². The van der Waals surface area contributed by atoms with Gasteiger partial charge in [-0.25, -0.2) is 0 Å². The van der Waals surface area contributed by atoms with Gasteiger partial charge >= 0.3 is 0 Å². The molecule has 1 aromatic rings. The number of nitrogens with two attached hydrogens (primary N) is 1. The molecule has 4 atom stereocenters. The quantitative estimate of drug-likeness (QED) is 0.173. The summed E-state index contributed by atoms with van der Waals surface area (Å²) in [5, 5.41) is 44.5. The van der Waals surface area contributed by atoms with Crippen molar-refractivity contribution in [3.63, 3.8) is 0 Å². The van der Waals surface area contributed by atoms with E-state index in [4.69, 9.17) is 10.5 Å². The van der Waals surface area contributed by atoms with Gasteiger partial charge in [-0.2, -0.15) is 0 Å². The molecule has 1 aliphatic heterocycles. The molecule has 1 saturated heterocycles. The molecule has 2 fully saturated rings. The Kier molecular flexibility index (Phi) is 6.56. The Morgan fingerprint density at radius 2 is 1.75 bits per heavy atom. The maximum Gasteiger partial charge on any atom is 0.295 e. The normalized spacial score (nSPS) is 28.3. The van der Waals surface area contributed by atoms with Crippen molar-refractivity contribution in [1.82, 2.24) is 9.80 Å². The number of aromatic hydroxyl groups is 1. The van der Waals surface area contributed by atoms with E-state index >= 15 is 0 Å². The molecule has 0 bridgehead atoms. The number of carbonyl (C=O) groups is 5. The Morgan fingerprint density at radius 3 is 2.35 bits per heavy atom. The largest absolute Gasteiger partial charge is 0.508 e. The van der Waals surface area contributed by atoms with Crippen LogP contribution in [0.1, 0.15) is 27.9 Å². The SMILES string of the molecule is CN(C)C1C(=O)C(C(N)=O)=C(O)C2(O)C(=O)C3=C(O)c4c(O)ccc(C(=O)C(=O)N5CCOCC5)c4C[C@H]3C[C@H]12. The van der Waals surface area contributed by atoms with Crippen LogP contribution in [0.15, 0.2) is 29.0 Å². The lowest BCUT2D eigenvalue weighted by atomic mass is 9.57.